The van der Waals surface area contributed by atoms with E-state index in [2.05, 4.69) is 5.32 Å². The lowest BCUT2D eigenvalue weighted by molar-refractivity contribution is -0.392. The lowest BCUT2D eigenvalue weighted by Gasteiger charge is -2.16. The van der Waals surface area contributed by atoms with Crippen LogP contribution in [0.25, 0.3) is 10.8 Å². The van der Waals surface area contributed by atoms with Crippen molar-refractivity contribution in [3.05, 3.63) is 84.4 Å². The Balaban J connectivity index is 2.30. The van der Waals surface area contributed by atoms with Crippen LogP contribution in [0.4, 0.5) is 41.6 Å². The van der Waals surface area contributed by atoms with E-state index in [4.69, 9.17) is 0 Å². The molecule has 0 aliphatic rings. The van der Waals surface area contributed by atoms with Gasteiger partial charge in [0.15, 0.2) is 0 Å². The molecule has 1 N–H and O–H groups in total. The van der Waals surface area contributed by atoms with Crippen LogP contribution in [-0.2, 0) is 6.18 Å². The molecule has 3 rings (SSSR count). The highest BCUT2D eigenvalue weighted by molar-refractivity contribution is 6.05. The van der Waals surface area contributed by atoms with Crippen LogP contribution in [0.5, 0.6) is 0 Å². The Kier molecular flexibility index (Phi) is 4.95. The maximum absolute atomic E-state index is 13.5. The Hall–Kier alpha value is -4.29. The van der Waals surface area contributed by atoms with Crippen LogP contribution in [0.2, 0.25) is 0 Å². The number of halogens is 3. The second-order valence-electron chi connectivity index (χ2n) is 5.96. The first-order valence-corrected chi connectivity index (χ1v) is 7.98. The monoisotopic (exact) mass is 422 g/mol. The molecule has 0 saturated heterocycles. The molecule has 13 heteroatoms. The van der Waals surface area contributed by atoms with Gasteiger partial charge in [0.25, 0.3) is 17.1 Å². The fourth-order valence-electron chi connectivity index (χ4n) is 2.89. The Labute approximate surface area is 164 Å². The molecule has 0 aliphatic carbocycles. The number of alkyl halides is 3. The molecular weight excluding hydrogens is 413 g/mol. The molecule has 154 valence electrons. The minimum absolute atomic E-state index is 0.0360. The quantitative estimate of drug-likeness (QED) is 0.433. The van der Waals surface area contributed by atoms with Gasteiger partial charge in [-0.05, 0) is 12.1 Å². The minimum Gasteiger partial charge on any atom is -0.349 e. The standard InChI is InChI=1S/C17H9F3N4O6/c18-17(19,20)12-7-9(22(25)26)5-6-13(12)21-16-11-4-2-1-3-10(11)14(23(27)28)8-15(16)24(29)30/h1-8,21H. The minimum atomic E-state index is -5.01. The topological polar surface area (TPSA) is 141 Å². The zero-order valence-corrected chi connectivity index (χ0v) is 14.5. The van der Waals surface area contributed by atoms with Crippen molar-refractivity contribution in [2.75, 3.05) is 5.32 Å². The molecule has 0 aliphatic heterocycles. The van der Waals surface area contributed by atoms with Gasteiger partial charge in [0.2, 0.25) is 0 Å². The largest absolute Gasteiger partial charge is 0.418 e. The molecule has 0 fully saturated rings. The summed E-state index contributed by atoms with van der Waals surface area (Å²) in [4.78, 5) is 30.8. The smallest absolute Gasteiger partial charge is 0.349 e. The maximum Gasteiger partial charge on any atom is 0.418 e. The average Bonchev–Trinajstić information content (AvgIpc) is 2.66. The highest BCUT2D eigenvalue weighted by Crippen LogP contribution is 2.43. The fraction of sp³-hybridized carbons (Fsp3) is 0.0588. The second kappa shape index (κ2) is 7.27. The molecule has 0 saturated carbocycles. The van der Waals surface area contributed by atoms with Crippen molar-refractivity contribution in [2.24, 2.45) is 0 Å². The van der Waals surface area contributed by atoms with Gasteiger partial charge in [0.05, 0.1) is 37.5 Å². The van der Waals surface area contributed by atoms with Gasteiger partial charge >= 0.3 is 6.18 Å². The van der Waals surface area contributed by atoms with E-state index in [-0.39, 0.29) is 10.8 Å². The summed E-state index contributed by atoms with van der Waals surface area (Å²) in [6, 6.07) is 7.90. The average molecular weight is 422 g/mol. The van der Waals surface area contributed by atoms with Crippen LogP contribution in [0.1, 0.15) is 5.56 Å². The molecule has 0 aromatic heterocycles. The van der Waals surface area contributed by atoms with Crippen LogP contribution in [0.15, 0.2) is 48.5 Å². The summed E-state index contributed by atoms with van der Waals surface area (Å²) < 4.78 is 40.4. The summed E-state index contributed by atoms with van der Waals surface area (Å²) >= 11 is 0. The Bertz CT molecular complexity index is 1210. The number of nitro groups is 3. The first-order valence-electron chi connectivity index (χ1n) is 7.98. The third-order valence-corrected chi connectivity index (χ3v) is 4.17. The van der Waals surface area contributed by atoms with Gasteiger partial charge in [-0.15, -0.1) is 0 Å². The van der Waals surface area contributed by atoms with E-state index in [0.29, 0.717) is 12.1 Å². The molecule has 0 heterocycles. The maximum atomic E-state index is 13.5. The van der Waals surface area contributed by atoms with E-state index in [1.165, 1.54) is 24.3 Å². The molecular formula is C17H9F3N4O6. The van der Waals surface area contributed by atoms with Gasteiger partial charge in [0, 0.05) is 17.5 Å². The van der Waals surface area contributed by atoms with Crippen LogP contribution in [-0.4, -0.2) is 14.8 Å². The molecule has 30 heavy (non-hydrogen) atoms. The van der Waals surface area contributed by atoms with Crippen molar-refractivity contribution in [3.8, 4) is 0 Å². The molecule has 3 aromatic rings. The zero-order valence-electron chi connectivity index (χ0n) is 14.5. The van der Waals surface area contributed by atoms with E-state index >= 15 is 0 Å². The predicted molar refractivity (Wildman–Crippen MR) is 98.6 cm³/mol. The van der Waals surface area contributed by atoms with E-state index < -0.39 is 54.9 Å². The van der Waals surface area contributed by atoms with Crippen molar-refractivity contribution < 1.29 is 27.9 Å². The van der Waals surface area contributed by atoms with E-state index in [1.54, 1.807) is 0 Å². The third kappa shape index (κ3) is 3.67. The number of non-ortho nitro benzene ring substituents is 2. The lowest BCUT2D eigenvalue weighted by Crippen LogP contribution is -2.10. The number of hydrogen-bond donors (Lipinski definition) is 1. The molecule has 0 bridgehead atoms. The number of nitrogens with zero attached hydrogens (tertiary/aromatic N) is 3. The Morgan fingerprint density at radius 2 is 1.37 bits per heavy atom. The molecule has 0 spiro atoms. The van der Waals surface area contributed by atoms with E-state index in [1.807, 2.05) is 0 Å². The van der Waals surface area contributed by atoms with Crippen molar-refractivity contribution in [3.63, 3.8) is 0 Å². The summed E-state index contributed by atoms with van der Waals surface area (Å²) in [6.07, 6.45) is -5.01. The van der Waals surface area contributed by atoms with Gasteiger partial charge in [0.1, 0.15) is 5.69 Å². The second-order valence-corrected chi connectivity index (χ2v) is 5.96. The van der Waals surface area contributed by atoms with Crippen molar-refractivity contribution in [2.45, 2.75) is 6.18 Å². The van der Waals surface area contributed by atoms with Gasteiger partial charge in [-0.25, -0.2) is 0 Å². The van der Waals surface area contributed by atoms with Gasteiger partial charge in [-0.3, -0.25) is 30.3 Å². The first-order chi connectivity index (χ1) is 14.0. The Morgan fingerprint density at radius 1 is 0.767 bits per heavy atom. The van der Waals surface area contributed by atoms with Crippen LogP contribution < -0.4 is 5.32 Å². The summed E-state index contributed by atoms with van der Waals surface area (Å²) in [5.41, 5.74) is -4.77. The van der Waals surface area contributed by atoms with Gasteiger partial charge in [-0.1, -0.05) is 18.2 Å². The summed E-state index contributed by atoms with van der Waals surface area (Å²) in [6.45, 7) is 0. The number of nitrogens with one attached hydrogen (secondary N) is 1. The number of nitro benzene ring substituents is 3. The predicted octanol–water partition coefficient (Wildman–Crippen LogP) is 5.33. The number of rotatable bonds is 5. The lowest BCUT2D eigenvalue weighted by atomic mass is 10.0. The van der Waals surface area contributed by atoms with Crippen molar-refractivity contribution >= 4 is 39.2 Å². The SMILES string of the molecule is O=[N+]([O-])c1ccc(Nc2c([N+](=O)[O-])cc([N+](=O)[O-])c3ccccc23)c(C(F)(F)F)c1. The van der Waals surface area contributed by atoms with Crippen molar-refractivity contribution in [1.82, 2.24) is 0 Å². The number of hydrogen-bond acceptors (Lipinski definition) is 7. The van der Waals surface area contributed by atoms with E-state index in [9.17, 15) is 43.5 Å². The first kappa shape index (κ1) is 20.4. The highest BCUT2D eigenvalue weighted by Gasteiger charge is 2.36. The van der Waals surface area contributed by atoms with E-state index in [0.717, 1.165) is 12.1 Å². The summed E-state index contributed by atoms with van der Waals surface area (Å²) in [5, 5.41) is 35.8. The Morgan fingerprint density at radius 3 is 1.90 bits per heavy atom. The van der Waals surface area contributed by atoms with Gasteiger partial charge in [-0.2, -0.15) is 13.2 Å². The number of benzene rings is 3. The van der Waals surface area contributed by atoms with Crippen LogP contribution in [0, 0.1) is 30.3 Å². The highest BCUT2D eigenvalue weighted by atomic mass is 19.4. The fourth-order valence-corrected chi connectivity index (χ4v) is 2.89. The normalized spacial score (nSPS) is 11.3. The van der Waals surface area contributed by atoms with Crippen molar-refractivity contribution in [1.29, 1.82) is 0 Å². The zero-order chi connectivity index (χ0) is 22.2. The molecule has 3 aromatic carbocycles. The summed E-state index contributed by atoms with van der Waals surface area (Å²) in [7, 11) is 0. The molecule has 0 unspecified atom stereocenters. The van der Waals surface area contributed by atoms with Gasteiger partial charge < -0.3 is 5.32 Å². The molecule has 10 nitrogen and oxygen atoms in total. The van der Waals surface area contributed by atoms with Crippen LogP contribution >= 0.6 is 0 Å². The number of anilines is 2. The molecule has 0 atom stereocenters. The third-order valence-electron chi connectivity index (χ3n) is 4.17. The van der Waals surface area contributed by atoms with Crippen LogP contribution in [0.3, 0.4) is 0 Å². The number of fused-ring (bicyclic) bond motifs is 1. The molecule has 0 radical (unpaired) electrons. The molecule has 0 amide bonds. The summed E-state index contributed by atoms with van der Waals surface area (Å²) in [5.74, 6) is 0.